The normalized spacial score (nSPS) is 12.0. The predicted octanol–water partition coefficient (Wildman–Crippen LogP) is 4.71. The van der Waals surface area contributed by atoms with Crippen LogP contribution in [0.3, 0.4) is 0 Å². The largest absolute Gasteiger partial charge is 0.497 e. The second kappa shape index (κ2) is 8.13. The third kappa shape index (κ3) is 4.33. The van der Waals surface area contributed by atoms with Crippen LogP contribution in [0.15, 0.2) is 77.7 Å². The summed E-state index contributed by atoms with van der Waals surface area (Å²) in [5.74, 6) is -0.0000990. The summed E-state index contributed by atoms with van der Waals surface area (Å²) in [4.78, 5) is 0.0923. The second-order valence-electron chi connectivity index (χ2n) is 6.31. The van der Waals surface area contributed by atoms with E-state index in [4.69, 9.17) is 27.9 Å². The summed E-state index contributed by atoms with van der Waals surface area (Å²) < 4.78 is 31.2. The van der Waals surface area contributed by atoms with Crippen LogP contribution in [0.4, 0.5) is 0 Å². The average Bonchev–Trinajstić information content (AvgIpc) is 2.68. The van der Waals surface area contributed by atoms with E-state index in [9.17, 15) is 13.5 Å². The fraction of sp³-hybridized carbons (Fsp3) is 0.143. The summed E-state index contributed by atoms with van der Waals surface area (Å²) in [6, 6.07) is 18.9. The molecule has 28 heavy (non-hydrogen) atoms. The Hall–Kier alpha value is -2.05. The minimum absolute atomic E-state index is 0.0923. The molecule has 1 N–H and O–H groups in total. The molecule has 3 aromatic carbocycles. The molecule has 0 heterocycles. The lowest BCUT2D eigenvalue weighted by Gasteiger charge is -2.29. The first-order chi connectivity index (χ1) is 13.2. The fourth-order valence-electron chi connectivity index (χ4n) is 2.93. The van der Waals surface area contributed by atoms with Gasteiger partial charge in [-0.05, 0) is 59.7 Å². The first-order valence-corrected chi connectivity index (χ1v) is 10.8. The van der Waals surface area contributed by atoms with Gasteiger partial charge in [-0.1, -0.05) is 47.5 Å². The number of ether oxygens (including phenoxy) is 1. The minimum Gasteiger partial charge on any atom is -0.497 e. The number of halogens is 2. The SMILES string of the molecule is COc1ccc(S(=O)(=O)CC(O)(c2ccc(Cl)cc2)c2ccc(Cl)cc2)cc1. The fourth-order valence-corrected chi connectivity index (χ4v) is 4.78. The molecule has 3 aromatic rings. The summed E-state index contributed by atoms with van der Waals surface area (Å²) in [6.45, 7) is 0. The number of benzene rings is 3. The van der Waals surface area contributed by atoms with Crippen LogP contribution in [0.1, 0.15) is 11.1 Å². The highest BCUT2D eigenvalue weighted by Gasteiger charge is 2.37. The molecular weight excluding hydrogens is 419 g/mol. The number of rotatable bonds is 6. The summed E-state index contributed by atoms with van der Waals surface area (Å²) in [5.41, 5.74) is -0.957. The Morgan fingerprint density at radius 3 is 1.64 bits per heavy atom. The van der Waals surface area contributed by atoms with Crippen molar-refractivity contribution in [3.05, 3.63) is 94.0 Å². The van der Waals surface area contributed by atoms with E-state index in [0.717, 1.165) is 0 Å². The maximum Gasteiger partial charge on any atom is 0.181 e. The molecule has 0 saturated carbocycles. The van der Waals surface area contributed by atoms with Crippen LogP contribution in [0.5, 0.6) is 5.75 Å². The zero-order valence-electron chi connectivity index (χ0n) is 15.0. The van der Waals surface area contributed by atoms with Gasteiger partial charge in [-0.3, -0.25) is 0 Å². The van der Waals surface area contributed by atoms with Crippen molar-refractivity contribution in [2.45, 2.75) is 10.5 Å². The molecule has 7 heteroatoms. The van der Waals surface area contributed by atoms with Crippen molar-refractivity contribution in [2.24, 2.45) is 0 Å². The molecule has 0 fully saturated rings. The third-order valence-electron chi connectivity index (χ3n) is 4.46. The first-order valence-electron chi connectivity index (χ1n) is 8.36. The average molecular weight is 437 g/mol. The standard InChI is InChI=1S/C21H18Cl2O4S/c1-27-19-10-12-20(13-11-19)28(25,26)14-21(24,15-2-6-17(22)7-3-15)16-4-8-18(23)9-5-16/h2-13,24H,14H2,1H3. The summed E-state index contributed by atoms with van der Waals surface area (Å²) in [7, 11) is -2.33. The predicted molar refractivity (Wildman–Crippen MR) is 111 cm³/mol. The van der Waals surface area contributed by atoms with Gasteiger partial charge < -0.3 is 9.84 Å². The van der Waals surface area contributed by atoms with Crippen LogP contribution in [0.2, 0.25) is 10.0 Å². The van der Waals surface area contributed by atoms with Gasteiger partial charge in [0.25, 0.3) is 0 Å². The van der Waals surface area contributed by atoms with E-state index >= 15 is 0 Å². The number of hydrogen-bond donors (Lipinski definition) is 1. The van der Waals surface area contributed by atoms with Crippen LogP contribution in [-0.4, -0.2) is 26.4 Å². The van der Waals surface area contributed by atoms with Crippen molar-refractivity contribution in [2.75, 3.05) is 12.9 Å². The molecule has 0 aliphatic carbocycles. The Kier molecular flexibility index (Phi) is 6.01. The van der Waals surface area contributed by atoms with Gasteiger partial charge >= 0.3 is 0 Å². The summed E-state index contributed by atoms with van der Waals surface area (Å²) in [5, 5.41) is 12.5. The Labute approximate surface area is 174 Å². The Balaban J connectivity index is 2.08. The van der Waals surface area contributed by atoms with Crippen LogP contribution < -0.4 is 4.74 Å². The van der Waals surface area contributed by atoms with Gasteiger partial charge in [0.15, 0.2) is 9.84 Å². The molecule has 0 radical (unpaired) electrons. The van der Waals surface area contributed by atoms with Crippen molar-refractivity contribution in [3.63, 3.8) is 0 Å². The van der Waals surface area contributed by atoms with E-state index in [2.05, 4.69) is 0 Å². The van der Waals surface area contributed by atoms with Crippen molar-refractivity contribution in [1.29, 1.82) is 0 Å². The number of hydrogen-bond acceptors (Lipinski definition) is 4. The Morgan fingerprint density at radius 1 is 0.821 bits per heavy atom. The lowest BCUT2D eigenvalue weighted by Crippen LogP contribution is -2.35. The monoisotopic (exact) mass is 436 g/mol. The van der Waals surface area contributed by atoms with E-state index in [1.807, 2.05) is 0 Å². The quantitative estimate of drug-likeness (QED) is 0.607. The highest BCUT2D eigenvalue weighted by molar-refractivity contribution is 7.91. The third-order valence-corrected chi connectivity index (χ3v) is 6.75. The lowest BCUT2D eigenvalue weighted by molar-refractivity contribution is 0.105. The molecular formula is C21H18Cl2O4S. The zero-order chi connectivity index (χ0) is 20.4. The van der Waals surface area contributed by atoms with E-state index < -0.39 is 21.2 Å². The zero-order valence-corrected chi connectivity index (χ0v) is 17.3. The van der Waals surface area contributed by atoms with Gasteiger partial charge in [0.2, 0.25) is 0 Å². The van der Waals surface area contributed by atoms with Crippen LogP contribution in [-0.2, 0) is 15.4 Å². The molecule has 0 saturated heterocycles. The molecule has 0 aliphatic rings. The molecule has 0 aliphatic heterocycles. The maximum atomic E-state index is 13.1. The molecule has 0 amide bonds. The van der Waals surface area contributed by atoms with Gasteiger partial charge in [-0.25, -0.2) is 8.42 Å². The highest BCUT2D eigenvalue weighted by Crippen LogP contribution is 2.34. The summed E-state index contributed by atoms with van der Waals surface area (Å²) in [6.07, 6.45) is 0. The lowest BCUT2D eigenvalue weighted by atomic mass is 9.88. The number of sulfone groups is 1. The van der Waals surface area contributed by atoms with Crippen molar-refractivity contribution < 1.29 is 18.3 Å². The minimum atomic E-state index is -3.83. The Bertz CT molecular complexity index is 1000. The Morgan fingerprint density at radius 2 is 1.25 bits per heavy atom. The van der Waals surface area contributed by atoms with Crippen LogP contribution in [0, 0.1) is 0 Å². The molecule has 146 valence electrons. The number of methoxy groups -OCH3 is 1. The van der Waals surface area contributed by atoms with E-state index in [1.54, 1.807) is 60.7 Å². The molecule has 0 atom stereocenters. The van der Waals surface area contributed by atoms with E-state index in [0.29, 0.717) is 26.9 Å². The molecule has 4 nitrogen and oxygen atoms in total. The van der Waals surface area contributed by atoms with E-state index in [-0.39, 0.29) is 4.90 Å². The van der Waals surface area contributed by atoms with Gasteiger partial charge in [-0.15, -0.1) is 0 Å². The van der Waals surface area contributed by atoms with Crippen LogP contribution in [0.25, 0.3) is 0 Å². The maximum absolute atomic E-state index is 13.1. The highest BCUT2D eigenvalue weighted by atomic mass is 35.5. The van der Waals surface area contributed by atoms with Gasteiger partial charge in [0.05, 0.1) is 17.8 Å². The van der Waals surface area contributed by atoms with Crippen molar-refractivity contribution in [1.82, 2.24) is 0 Å². The van der Waals surface area contributed by atoms with Crippen LogP contribution >= 0.6 is 23.2 Å². The van der Waals surface area contributed by atoms with Gasteiger partial charge in [0, 0.05) is 10.0 Å². The molecule has 3 rings (SSSR count). The van der Waals surface area contributed by atoms with Gasteiger partial charge in [-0.2, -0.15) is 0 Å². The molecule has 0 bridgehead atoms. The molecule has 0 aromatic heterocycles. The van der Waals surface area contributed by atoms with Gasteiger partial charge in [0.1, 0.15) is 11.4 Å². The molecule has 0 unspecified atom stereocenters. The first kappa shape index (κ1) is 20.7. The van der Waals surface area contributed by atoms with Crippen molar-refractivity contribution in [3.8, 4) is 5.75 Å². The van der Waals surface area contributed by atoms with Crippen molar-refractivity contribution >= 4 is 33.0 Å². The topological polar surface area (TPSA) is 63.6 Å². The van der Waals surface area contributed by atoms with E-state index in [1.165, 1.54) is 19.2 Å². The second-order valence-corrected chi connectivity index (χ2v) is 9.17. The summed E-state index contributed by atoms with van der Waals surface area (Å²) >= 11 is 11.9. The number of aliphatic hydroxyl groups is 1. The molecule has 0 spiro atoms. The smallest absolute Gasteiger partial charge is 0.181 e.